The summed E-state index contributed by atoms with van der Waals surface area (Å²) in [6.07, 6.45) is -1.87. The fourth-order valence-corrected chi connectivity index (χ4v) is 2.37. The Morgan fingerprint density at radius 3 is 2.68 bits per heavy atom. The van der Waals surface area contributed by atoms with Gasteiger partial charge in [-0.2, -0.15) is 0 Å². The van der Waals surface area contributed by atoms with Gasteiger partial charge in [-0.1, -0.05) is 36.4 Å². The third-order valence-corrected chi connectivity index (χ3v) is 3.57. The van der Waals surface area contributed by atoms with Crippen LogP contribution in [-0.2, 0) is 25.5 Å². The van der Waals surface area contributed by atoms with Crippen molar-refractivity contribution in [3.63, 3.8) is 0 Å². The van der Waals surface area contributed by atoms with Crippen molar-refractivity contribution in [1.82, 2.24) is 0 Å². The zero-order valence-corrected chi connectivity index (χ0v) is 12.9. The number of hydrogen-bond acceptors (Lipinski definition) is 5. The van der Waals surface area contributed by atoms with Crippen LogP contribution < -0.4 is 0 Å². The molecule has 0 aromatic heterocycles. The fraction of sp³-hybridized carbons (Fsp3) is 0.529. The van der Waals surface area contributed by atoms with Crippen LogP contribution in [0.2, 0.25) is 0 Å². The molecule has 5 nitrogen and oxygen atoms in total. The first kappa shape index (κ1) is 15.6. The smallest absolute Gasteiger partial charge is 0.187 e. The van der Waals surface area contributed by atoms with Gasteiger partial charge in [0.05, 0.1) is 20.7 Å². The average Bonchev–Trinajstić information content (AvgIpc) is 2.58. The molecule has 1 aliphatic rings. The Kier molecular flexibility index (Phi) is 5.98. The number of rotatable bonds is 7. The minimum atomic E-state index is -0.932. The van der Waals surface area contributed by atoms with Gasteiger partial charge in [0, 0.05) is 7.11 Å². The summed E-state index contributed by atoms with van der Waals surface area (Å²) in [4.78, 5) is 0. The number of aliphatic hydroxyl groups excluding tert-OH is 1. The molecule has 1 aromatic carbocycles. The Hall–Kier alpha value is -1.24. The van der Waals surface area contributed by atoms with Crippen molar-refractivity contribution < 1.29 is 25.4 Å². The van der Waals surface area contributed by atoms with Crippen LogP contribution in [0.3, 0.4) is 0 Å². The number of hydrogen-bond donors (Lipinski definition) is 1. The Balaban J connectivity index is 2.13. The molecule has 1 N–H and O–H groups in total. The highest BCUT2D eigenvalue weighted by atomic mass is 16.7. The van der Waals surface area contributed by atoms with E-state index in [-0.39, 0.29) is 0 Å². The van der Waals surface area contributed by atoms with Crippen molar-refractivity contribution in [2.45, 2.75) is 44.2 Å². The molecule has 0 spiro atoms. The van der Waals surface area contributed by atoms with Gasteiger partial charge in [0.1, 0.15) is 18.3 Å². The first-order valence-corrected chi connectivity index (χ1v) is 7.30. The summed E-state index contributed by atoms with van der Waals surface area (Å²) in [5.74, 6) is 0. The molecule has 122 valence electrons. The predicted octanol–water partition coefficient (Wildman–Crippen LogP) is 1.90. The number of aliphatic hydroxyl groups is 1. The number of ether oxygens (including phenoxy) is 4. The Morgan fingerprint density at radius 2 is 2.05 bits per heavy atom. The Bertz CT molecular complexity index is 483. The zero-order chi connectivity index (χ0) is 16.8. The molecule has 0 bridgehead atoms. The van der Waals surface area contributed by atoms with E-state index in [0.29, 0.717) is 12.2 Å². The predicted molar refractivity (Wildman–Crippen MR) is 82.3 cm³/mol. The minimum Gasteiger partial charge on any atom is -0.388 e. The Labute approximate surface area is 132 Å². The van der Waals surface area contributed by atoms with E-state index >= 15 is 0 Å². The third-order valence-electron chi connectivity index (χ3n) is 3.57. The van der Waals surface area contributed by atoms with E-state index in [4.69, 9.17) is 20.3 Å². The molecule has 0 aliphatic carbocycles. The van der Waals surface area contributed by atoms with Crippen LogP contribution in [0.1, 0.15) is 13.9 Å². The quantitative estimate of drug-likeness (QED) is 0.780. The molecular formula is C17H24O5. The summed E-state index contributed by atoms with van der Waals surface area (Å²) in [6.45, 7) is 4.70. The Morgan fingerprint density at radius 1 is 1.32 bits per heavy atom. The first-order chi connectivity index (χ1) is 11.1. The highest BCUT2D eigenvalue weighted by Crippen LogP contribution is 2.27. The van der Waals surface area contributed by atoms with Crippen molar-refractivity contribution >= 4 is 0 Å². The maximum absolute atomic E-state index is 10.4. The molecular weight excluding hydrogens is 284 g/mol. The molecule has 0 amide bonds. The maximum Gasteiger partial charge on any atom is 0.187 e. The second-order valence-electron chi connectivity index (χ2n) is 5.15. The van der Waals surface area contributed by atoms with Gasteiger partial charge in [0.2, 0.25) is 0 Å². The summed E-state index contributed by atoms with van der Waals surface area (Å²) in [6, 6.07) is 9.17. The molecule has 1 aliphatic heterocycles. The van der Waals surface area contributed by atoms with E-state index < -0.39 is 37.3 Å². The molecule has 6 atom stereocenters. The normalized spacial score (nSPS) is 34.0. The van der Waals surface area contributed by atoms with Crippen LogP contribution in [0.25, 0.3) is 0 Å². The number of methoxy groups -OCH3 is 1. The SMILES string of the molecule is [2H]C(O[C@@H]1[C@H](O)[C@H](C)OC(OCC=C)[C@H]1OC)c1ccccc1. The van der Waals surface area contributed by atoms with Gasteiger partial charge >= 0.3 is 0 Å². The van der Waals surface area contributed by atoms with E-state index in [1.165, 1.54) is 7.11 Å². The van der Waals surface area contributed by atoms with E-state index in [1.54, 1.807) is 25.1 Å². The molecule has 1 saturated heterocycles. The van der Waals surface area contributed by atoms with E-state index in [0.717, 1.165) is 0 Å². The lowest BCUT2D eigenvalue weighted by Crippen LogP contribution is -2.59. The summed E-state index contributed by atoms with van der Waals surface area (Å²) >= 11 is 0. The lowest BCUT2D eigenvalue weighted by Gasteiger charge is -2.42. The molecule has 2 rings (SSSR count). The number of benzene rings is 1. The molecule has 5 heteroatoms. The first-order valence-electron chi connectivity index (χ1n) is 7.87. The van der Waals surface area contributed by atoms with Crippen LogP contribution in [-0.4, -0.2) is 49.5 Å². The molecule has 2 unspecified atom stereocenters. The third kappa shape index (κ3) is 4.15. The molecule has 1 fully saturated rings. The van der Waals surface area contributed by atoms with Crippen molar-refractivity contribution in [1.29, 1.82) is 0 Å². The van der Waals surface area contributed by atoms with Crippen LogP contribution in [0.15, 0.2) is 43.0 Å². The minimum absolute atomic E-state index is 0.295. The van der Waals surface area contributed by atoms with Gasteiger partial charge in [-0.05, 0) is 12.5 Å². The lowest BCUT2D eigenvalue weighted by molar-refractivity contribution is -0.304. The van der Waals surface area contributed by atoms with Crippen LogP contribution >= 0.6 is 0 Å². The van der Waals surface area contributed by atoms with Crippen molar-refractivity contribution in [2.75, 3.05) is 13.7 Å². The monoisotopic (exact) mass is 309 g/mol. The topological polar surface area (TPSA) is 57.2 Å². The van der Waals surface area contributed by atoms with Crippen molar-refractivity contribution in [2.24, 2.45) is 0 Å². The molecule has 22 heavy (non-hydrogen) atoms. The maximum atomic E-state index is 10.4. The van der Waals surface area contributed by atoms with Crippen molar-refractivity contribution in [3.05, 3.63) is 48.6 Å². The van der Waals surface area contributed by atoms with Gasteiger partial charge < -0.3 is 24.1 Å². The largest absolute Gasteiger partial charge is 0.388 e. The highest BCUT2D eigenvalue weighted by Gasteiger charge is 2.45. The summed E-state index contributed by atoms with van der Waals surface area (Å²) < 4.78 is 30.6. The molecule has 1 aromatic rings. The van der Waals surface area contributed by atoms with E-state index in [1.807, 2.05) is 18.2 Å². The fourth-order valence-electron chi connectivity index (χ4n) is 2.37. The van der Waals surface area contributed by atoms with Gasteiger partial charge in [-0.25, -0.2) is 0 Å². The highest BCUT2D eigenvalue weighted by molar-refractivity contribution is 5.13. The summed E-state index contributed by atoms with van der Waals surface area (Å²) in [5, 5.41) is 10.4. The average molecular weight is 309 g/mol. The van der Waals surface area contributed by atoms with Gasteiger partial charge in [0.25, 0.3) is 0 Å². The standard InChI is InChI=1S/C17H24O5/c1-4-10-20-17-16(19-3)15(14(18)12(2)22-17)21-11-13-8-6-5-7-9-13/h4-9,12,14-18H,1,10-11H2,2-3H3/t12-,14+,15+,16-,17?/m0/s1/i11D/t11?,12-,14+,15+,16-,17?. The summed E-state index contributed by atoms with van der Waals surface area (Å²) in [7, 11) is 1.50. The lowest BCUT2D eigenvalue weighted by atomic mass is 9.99. The van der Waals surface area contributed by atoms with E-state index in [2.05, 4.69) is 6.58 Å². The molecule has 1 heterocycles. The molecule has 0 radical (unpaired) electrons. The van der Waals surface area contributed by atoms with Gasteiger partial charge in [-0.3, -0.25) is 0 Å². The van der Waals surface area contributed by atoms with Crippen LogP contribution in [0, 0.1) is 0 Å². The second kappa shape index (κ2) is 8.41. The van der Waals surface area contributed by atoms with Gasteiger partial charge in [0.15, 0.2) is 6.29 Å². The zero-order valence-electron chi connectivity index (χ0n) is 13.9. The van der Waals surface area contributed by atoms with Crippen molar-refractivity contribution in [3.8, 4) is 0 Å². The second-order valence-corrected chi connectivity index (χ2v) is 5.15. The van der Waals surface area contributed by atoms with Gasteiger partial charge in [-0.15, -0.1) is 6.58 Å². The molecule has 0 saturated carbocycles. The summed E-state index contributed by atoms with van der Waals surface area (Å²) in [5.41, 5.74) is 0.706. The van der Waals surface area contributed by atoms with E-state index in [9.17, 15) is 5.11 Å². The van der Waals surface area contributed by atoms with Crippen LogP contribution in [0.4, 0.5) is 0 Å². The van der Waals surface area contributed by atoms with Crippen LogP contribution in [0.5, 0.6) is 0 Å².